The van der Waals surface area contributed by atoms with E-state index in [2.05, 4.69) is 20.3 Å². The second-order valence-electron chi connectivity index (χ2n) is 2.61. The molecule has 0 amide bonds. The maximum atomic E-state index is 5.32. The van der Waals surface area contributed by atoms with Gasteiger partial charge >= 0.3 is 0 Å². The third-order valence-corrected chi connectivity index (χ3v) is 1.96. The van der Waals surface area contributed by atoms with Gasteiger partial charge in [-0.2, -0.15) is 0 Å². The largest absolute Gasteiger partial charge is 0.377 e. The van der Waals surface area contributed by atoms with E-state index in [-0.39, 0.29) is 0 Å². The van der Waals surface area contributed by atoms with Crippen molar-refractivity contribution in [3.63, 3.8) is 0 Å². The molecule has 0 bridgehead atoms. The summed E-state index contributed by atoms with van der Waals surface area (Å²) in [6.45, 7) is 5.37. The van der Waals surface area contributed by atoms with Crippen LogP contribution in [0.15, 0.2) is 0 Å². The number of hydrogen-bond acceptors (Lipinski definition) is 1. The molecular formula is C8H15O. The van der Waals surface area contributed by atoms with Gasteiger partial charge in [0.2, 0.25) is 0 Å². The summed E-state index contributed by atoms with van der Waals surface area (Å²) >= 11 is 0. The Morgan fingerprint density at radius 3 is 2.67 bits per heavy atom. The lowest BCUT2D eigenvalue weighted by molar-refractivity contribution is -0.0962. The zero-order chi connectivity index (χ0) is 6.69. The minimum Gasteiger partial charge on any atom is -0.377 e. The molecule has 0 N–H and O–H groups in total. The fourth-order valence-corrected chi connectivity index (χ4v) is 1.19. The first-order valence-electron chi connectivity index (χ1n) is 3.83. The monoisotopic (exact) mass is 127 g/mol. The Bertz CT molecular complexity index is 78.6. The van der Waals surface area contributed by atoms with Gasteiger partial charge in [0.15, 0.2) is 0 Å². The zero-order valence-corrected chi connectivity index (χ0v) is 6.26. The van der Waals surface area contributed by atoms with Gasteiger partial charge in [-0.3, -0.25) is 0 Å². The second-order valence-corrected chi connectivity index (χ2v) is 2.61. The van der Waals surface area contributed by atoms with E-state index in [0.29, 0.717) is 6.10 Å². The zero-order valence-electron chi connectivity index (χ0n) is 6.26. The summed E-state index contributed by atoms with van der Waals surface area (Å²) in [5, 5.41) is 0. The molecule has 1 aliphatic rings. The first-order chi connectivity index (χ1) is 4.38. The molecule has 1 aliphatic heterocycles. The molecule has 9 heavy (non-hydrogen) atoms. The molecule has 1 nitrogen and oxygen atoms in total. The highest BCUT2D eigenvalue weighted by Crippen LogP contribution is 2.25. The molecule has 1 heteroatoms. The molecular weight excluding hydrogens is 112 g/mol. The van der Waals surface area contributed by atoms with E-state index in [1.807, 2.05) is 0 Å². The molecule has 1 rings (SSSR count). The predicted molar refractivity (Wildman–Crippen MR) is 38.1 cm³/mol. The van der Waals surface area contributed by atoms with Crippen molar-refractivity contribution in [2.75, 3.05) is 6.61 Å². The van der Waals surface area contributed by atoms with Crippen LogP contribution in [0.5, 0.6) is 0 Å². The second kappa shape index (κ2) is 3.21. The Hall–Kier alpha value is -0.0400. The van der Waals surface area contributed by atoms with Gasteiger partial charge in [-0.15, -0.1) is 0 Å². The summed E-state index contributed by atoms with van der Waals surface area (Å²) in [5.41, 5.74) is 0. The smallest absolute Gasteiger partial charge is 0.0656 e. The van der Waals surface area contributed by atoms with Crippen molar-refractivity contribution in [3.05, 3.63) is 6.42 Å². The van der Waals surface area contributed by atoms with Crippen LogP contribution in [0, 0.1) is 12.3 Å². The van der Waals surface area contributed by atoms with Crippen molar-refractivity contribution in [2.24, 2.45) is 5.92 Å². The molecule has 2 atom stereocenters. The Kier molecular flexibility index (Phi) is 2.52. The fourth-order valence-electron chi connectivity index (χ4n) is 1.19. The SMILES string of the molecule is CC[CH]C1OCC1CC. The summed E-state index contributed by atoms with van der Waals surface area (Å²) in [7, 11) is 0. The van der Waals surface area contributed by atoms with Gasteiger partial charge in [0, 0.05) is 5.92 Å². The molecule has 1 fully saturated rings. The van der Waals surface area contributed by atoms with Crippen molar-refractivity contribution >= 4 is 0 Å². The Balaban J connectivity index is 2.11. The van der Waals surface area contributed by atoms with Crippen LogP contribution < -0.4 is 0 Å². The van der Waals surface area contributed by atoms with E-state index in [4.69, 9.17) is 4.74 Å². The summed E-state index contributed by atoms with van der Waals surface area (Å²) in [4.78, 5) is 0. The molecule has 0 spiro atoms. The van der Waals surface area contributed by atoms with E-state index >= 15 is 0 Å². The quantitative estimate of drug-likeness (QED) is 0.563. The standard InChI is InChI=1S/C8H15O/c1-3-5-8-7(4-2)6-9-8/h5,7-8H,3-4,6H2,1-2H3. The van der Waals surface area contributed by atoms with Gasteiger partial charge in [-0.1, -0.05) is 20.3 Å². The number of rotatable bonds is 3. The van der Waals surface area contributed by atoms with Gasteiger partial charge in [0.05, 0.1) is 12.7 Å². The van der Waals surface area contributed by atoms with Gasteiger partial charge in [-0.25, -0.2) is 0 Å². The first kappa shape index (κ1) is 7.07. The molecule has 0 saturated carbocycles. The molecule has 1 saturated heterocycles. The van der Waals surface area contributed by atoms with Crippen molar-refractivity contribution in [1.82, 2.24) is 0 Å². The highest BCUT2D eigenvalue weighted by molar-refractivity contribution is 4.88. The van der Waals surface area contributed by atoms with E-state index in [9.17, 15) is 0 Å². The van der Waals surface area contributed by atoms with Gasteiger partial charge < -0.3 is 4.74 Å². The first-order valence-corrected chi connectivity index (χ1v) is 3.83. The van der Waals surface area contributed by atoms with Crippen molar-refractivity contribution in [2.45, 2.75) is 32.8 Å². The Morgan fingerprint density at radius 2 is 2.33 bits per heavy atom. The van der Waals surface area contributed by atoms with Crippen LogP contribution in [0.25, 0.3) is 0 Å². The summed E-state index contributed by atoms with van der Waals surface area (Å²) in [5.74, 6) is 0.824. The van der Waals surface area contributed by atoms with E-state index in [0.717, 1.165) is 18.9 Å². The van der Waals surface area contributed by atoms with Crippen LogP contribution in [-0.2, 0) is 4.74 Å². The minimum atomic E-state index is 0.486. The normalized spacial score (nSPS) is 34.0. The number of ether oxygens (including phenoxy) is 1. The van der Waals surface area contributed by atoms with E-state index in [1.54, 1.807) is 0 Å². The lowest BCUT2D eigenvalue weighted by Gasteiger charge is -2.35. The Morgan fingerprint density at radius 1 is 1.56 bits per heavy atom. The number of hydrogen-bond donors (Lipinski definition) is 0. The molecule has 1 radical (unpaired) electrons. The van der Waals surface area contributed by atoms with Crippen LogP contribution in [0.1, 0.15) is 26.7 Å². The molecule has 0 aromatic heterocycles. The van der Waals surface area contributed by atoms with Crippen LogP contribution >= 0.6 is 0 Å². The highest BCUT2D eigenvalue weighted by Gasteiger charge is 2.29. The minimum absolute atomic E-state index is 0.486. The third-order valence-electron chi connectivity index (χ3n) is 1.96. The van der Waals surface area contributed by atoms with Crippen LogP contribution in [0.2, 0.25) is 0 Å². The summed E-state index contributed by atoms with van der Waals surface area (Å²) in [6.07, 6.45) is 5.15. The molecule has 0 aromatic rings. The average molecular weight is 127 g/mol. The average Bonchev–Trinajstić information content (AvgIpc) is 1.82. The molecule has 53 valence electrons. The van der Waals surface area contributed by atoms with Crippen molar-refractivity contribution in [1.29, 1.82) is 0 Å². The fraction of sp³-hybridized carbons (Fsp3) is 0.875. The van der Waals surface area contributed by atoms with Gasteiger partial charge in [-0.05, 0) is 12.8 Å². The van der Waals surface area contributed by atoms with Crippen LogP contribution in [-0.4, -0.2) is 12.7 Å². The summed E-state index contributed by atoms with van der Waals surface area (Å²) in [6, 6.07) is 0. The van der Waals surface area contributed by atoms with E-state index < -0.39 is 0 Å². The lowest BCUT2D eigenvalue weighted by Crippen LogP contribution is -2.39. The van der Waals surface area contributed by atoms with Crippen molar-refractivity contribution < 1.29 is 4.74 Å². The van der Waals surface area contributed by atoms with E-state index in [1.165, 1.54) is 6.42 Å². The maximum Gasteiger partial charge on any atom is 0.0656 e. The predicted octanol–water partition coefficient (Wildman–Crippen LogP) is 2.03. The van der Waals surface area contributed by atoms with Gasteiger partial charge in [0.25, 0.3) is 0 Å². The highest BCUT2D eigenvalue weighted by atomic mass is 16.5. The van der Waals surface area contributed by atoms with Gasteiger partial charge in [0.1, 0.15) is 0 Å². The van der Waals surface area contributed by atoms with Crippen LogP contribution in [0.3, 0.4) is 0 Å². The summed E-state index contributed by atoms with van der Waals surface area (Å²) < 4.78 is 5.32. The third kappa shape index (κ3) is 1.45. The van der Waals surface area contributed by atoms with Crippen LogP contribution in [0.4, 0.5) is 0 Å². The van der Waals surface area contributed by atoms with Crippen molar-refractivity contribution in [3.8, 4) is 0 Å². The topological polar surface area (TPSA) is 9.23 Å². The maximum absolute atomic E-state index is 5.32. The molecule has 0 aromatic carbocycles. The lowest BCUT2D eigenvalue weighted by atomic mass is 9.92. The molecule has 0 aliphatic carbocycles. The molecule has 2 unspecified atom stereocenters. The Labute approximate surface area is 57.4 Å². The molecule has 1 heterocycles.